The molecule has 0 spiro atoms. The van der Waals surface area contributed by atoms with Crippen LogP contribution >= 0.6 is 0 Å². The van der Waals surface area contributed by atoms with E-state index in [0.29, 0.717) is 5.76 Å². The van der Waals surface area contributed by atoms with Crippen molar-refractivity contribution < 1.29 is 9.21 Å². The van der Waals surface area contributed by atoms with E-state index in [9.17, 15) is 4.79 Å². The van der Waals surface area contributed by atoms with Crippen LogP contribution in [0.5, 0.6) is 0 Å². The van der Waals surface area contributed by atoms with Gasteiger partial charge < -0.3 is 9.32 Å². The van der Waals surface area contributed by atoms with Crippen LogP contribution in [0.25, 0.3) is 11.1 Å². The molecule has 114 valence electrons. The Balaban J connectivity index is 1.50. The number of amides is 1. The molecule has 4 heteroatoms. The van der Waals surface area contributed by atoms with Crippen LogP contribution < -0.4 is 0 Å². The van der Waals surface area contributed by atoms with Crippen molar-refractivity contribution in [3.63, 3.8) is 0 Å². The van der Waals surface area contributed by atoms with Crippen molar-refractivity contribution >= 4 is 5.91 Å². The van der Waals surface area contributed by atoms with Crippen LogP contribution in [0.2, 0.25) is 0 Å². The molecule has 1 saturated heterocycles. The van der Waals surface area contributed by atoms with Gasteiger partial charge in [-0.25, -0.2) is 0 Å². The van der Waals surface area contributed by atoms with Gasteiger partial charge in [-0.3, -0.25) is 9.69 Å². The van der Waals surface area contributed by atoms with Crippen LogP contribution in [0, 0.1) is 0 Å². The Labute approximate surface area is 130 Å². The molecule has 1 saturated carbocycles. The summed E-state index contributed by atoms with van der Waals surface area (Å²) in [4.78, 5) is 17.2. The first-order chi connectivity index (χ1) is 10.8. The molecule has 2 fully saturated rings. The molecule has 2 heterocycles. The second-order valence-corrected chi connectivity index (χ2v) is 6.09. The second-order valence-electron chi connectivity index (χ2n) is 6.09. The lowest BCUT2D eigenvalue weighted by molar-refractivity contribution is 0.0597. The summed E-state index contributed by atoms with van der Waals surface area (Å²) >= 11 is 0. The zero-order valence-corrected chi connectivity index (χ0v) is 12.6. The summed E-state index contributed by atoms with van der Waals surface area (Å²) in [7, 11) is 0. The molecule has 2 aliphatic rings. The fraction of sp³-hybridized carbons (Fsp3) is 0.389. The van der Waals surface area contributed by atoms with Gasteiger partial charge in [0, 0.05) is 37.8 Å². The molecule has 0 N–H and O–H groups in total. The molecular formula is C18H20N2O2. The largest absolute Gasteiger partial charge is 0.459 e. The summed E-state index contributed by atoms with van der Waals surface area (Å²) in [5.74, 6) is 0.477. The van der Waals surface area contributed by atoms with E-state index in [0.717, 1.165) is 43.3 Å². The second kappa shape index (κ2) is 5.61. The number of benzene rings is 1. The lowest BCUT2D eigenvalue weighted by Gasteiger charge is -2.34. The van der Waals surface area contributed by atoms with Crippen molar-refractivity contribution in [2.45, 2.75) is 18.9 Å². The monoisotopic (exact) mass is 296 g/mol. The Hall–Kier alpha value is -2.07. The summed E-state index contributed by atoms with van der Waals surface area (Å²) in [6, 6.07) is 12.6. The molecular weight excluding hydrogens is 276 g/mol. The molecule has 4 nitrogen and oxygen atoms in total. The zero-order valence-electron chi connectivity index (χ0n) is 12.6. The van der Waals surface area contributed by atoms with Crippen LogP contribution in [-0.4, -0.2) is 47.9 Å². The van der Waals surface area contributed by atoms with Crippen molar-refractivity contribution in [1.82, 2.24) is 9.80 Å². The van der Waals surface area contributed by atoms with Crippen molar-refractivity contribution in [2.24, 2.45) is 0 Å². The summed E-state index contributed by atoms with van der Waals surface area (Å²) in [6.07, 6.45) is 4.25. The third kappa shape index (κ3) is 2.55. The van der Waals surface area contributed by atoms with E-state index in [4.69, 9.17) is 4.42 Å². The van der Waals surface area contributed by atoms with Gasteiger partial charge in [-0.15, -0.1) is 0 Å². The van der Waals surface area contributed by atoms with E-state index < -0.39 is 0 Å². The molecule has 1 aromatic heterocycles. The van der Waals surface area contributed by atoms with Gasteiger partial charge in [0.15, 0.2) is 5.76 Å². The molecule has 1 aliphatic carbocycles. The Bertz CT molecular complexity index is 653. The predicted octanol–water partition coefficient (Wildman–Crippen LogP) is 2.87. The van der Waals surface area contributed by atoms with E-state index >= 15 is 0 Å². The van der Waals surface area contributed by atoms with Gasteiger partial charge in [0.1, 0.15) is 0 Å². The molecule has 1 amide bonds. The van der Waals surface area contributed by atoms with Crippen LogP contribution in [0.4, 0.5) is 0 Å². The maximum atomic E-state index is 12.8. The maximum Gasteiger partial charge on any atom is 0.290 e. The van der Waals surface area contributed by atoms with E-state index in [-0.39, 0.29) is 5.91 Å². The number of nitrogens with zero attached hydrogens (tertiary/aromatic N) is 2. The molecule has 0 unspecified atom stereocenters. The average Bonchev–Trinajstić information content (AvgIpc) is 3.32. The summed E-state index contributed by atoms with van der Waals surface area (Å²) in [5.41, 5.74) is 1.91. The standard InChI is InChI=1S/C18H20N2O2/c21-18(20-11-9-19(10-12-20)15-6-7-15)17-16(8-13-22-17)14-4-2-1-3-5-14/h1-5,8,13,15H,6-7,9-12H2. The first kappa shape index (κ1) is 13.6. The highest BCUT2D eigenvalue weighted by atomic mass is 16.3. The summed E-state index contributed by atoms with van der Waals surface area (Å²) < 4.78 is 5.52. The Morgan fingerprint density at radius 2 is 1.73 bits per heavy atom. The third-order valence-corrected chi connectivity index (χ3v) is 4.61. The Morgan fingerprint density at radius 3 is 2.41 bits per heavy atom. The van der Waals surface area contributed by atoms with Crippen LogP contribution in [0.1, 0.15) is 23.4 Å². The van der Waals surface area contributed by atoms with Gasteiger partial charge in [-0.2, -0.15) is 0 Å². The van der Waals surface area contributed by atoms with Crippen LogP contribution in [0.3, 0.4) is 0 Å². The highest BCUT2D eigenvalue weighted by Gasteiger charge is 2.33. The summed E-state index contributed by atoms with van der Waals surface area (Å²) in [5, 5.41) is 0. The Morgan fingerprint density at radius 1 is 1.00 bits per heavy atom. The van der Waals surface area contributed by atoms with Gasteiger partial charge >= 0.3 is 0 Å². The number of hydrogen-bond donors (Lipinski definition) is 0. The highest BCUT2D eigenvalue weighted by molar-refractivity contribution is 5.98. The first-order valence-corrected chi connectivity index (χ1v) is 7.99. The first-order valence-electron chi connectivity index (χ1n) is 7.99. The minimum Gasteiger partial charge on any atom is -0.459 e. The smallest absolute Gasteiger partial charge is 0.290 e. The van der Waals surface area contributed by atoms with E-state index in [1.54, 1.807) is 6.26 Å². The average molecular weight is 296 g/mol. The summed E-state index contributed by atoms with van der Waals surface area (Å²) in [6.45, 7) is 3.56. The molecule has 1 aliphatic heterocycles. The van der Waals surface area contributed by atoms with Crippen LogP contribution in [0.15, 0.2) is 47.1 Å². The van der Waals surface area contributed by atoms with Gasteiger partial charge in [-0.1, -0.05) is 30.3 Å². The maximum absolute atomic E-state index is 12.8. The fourth-order valence-electron chi connectivity index (χ4n) is 3.19. The van der Waals surface area contributed by atoms with Crippen molar-refractivity contribution in [1.29, 1.82) is 0 Å². The molecule has 0 bridgehead atoms. The van der Waals surface area contributed by atoms with Crippen molar-refractivity contribution in [3.05, 3.63) is 48.4 Å². The zero-order chi connectivity index (χ0) is 14.9. The topological polar surface area (TPSA) is 36.7 Å². The van der Waals surface area contributed by atoms with E-state index in [1.165, 1.54) is 12.8 Å². The molecule has 22 heavy (non-hydrogen) atoms. The predicted molar refractivity (Wildman–Crippen MR) is 84.6 cm³/mol. The van der Waals surface area contributed by atoms with Gasteiger partial charge in [0.25, 0.3) is 5.91 Å². The number of piperazine rings is 1. The minimum atomic E-state index is 0.0132. The normalized spacial score (nSPS) is 19.4. The lowest BCUT2D eigenvalue weighted by atomic mass is 10.1. The Kier molecular flexibility index (Phi) is 3.47. The fourth-order valence-corrected chi connectivity index (χ4v) is 3.19. The highest BCUT2D eigenvalue weighted by Crippen LogP contribution is 2.29. The molecule has 0 atom stereocenters. The van der Waals surface area contributed by atoms with Crippen molar-refractivity contribution in [3.8, 4) is 11.1 Å². The minimum absolute atomic E-state index is 0.0132. The number of furan rings is 1. The van der Waals surface area contributed by atoms with E-state index in [1.807, 2.05) is 41.3 Å². The third-order valence-electron chi connectivity index (χ3n) is 4.61. The molecule has 1 aromatic carbocycles. The number of hydrogen-bond acceptors (Lipinski definition) is 3. The lowest BCUT2D eigenvalue weighted by Crippen LogP contribution is -2.49. The van der Waals surface area contributed by atoms with Gasteiger partial charge in [-0.05, 0) is 24.5 Å². The van der Waals surface area contributed by atoms with Gasteiger partial charge in [0.2, 0.25) is 0 Å². The van der Waals surface area contributed by atoms with Gasteiger partial charge in [0.05, 0.1) is 6.26 Å². The van der Waals surface area contributed by atoms with Crippen molar-refractivity contribution in [2.75, 3.05) is 26.2 Å². The SMILES string of the molecule is O=C(c1occc1-c1ccccc1)N1CCN(C2CC2)CC1. The molecule has 2 aromatic rings. The van der Waals surface area contributed by atoms with E-state index in [2.05, 4.69) is 4.90 Å². The number of carbonyl (C=O) groups is 1. The quantitative estimate of drug-likeness (QED) is 0.874. The number of carbonyl (C=O) groups excluding carboxylic acids is 1. The molecule has 4 rings (SSSR count). The molecule has 0 radical (unpaired) electrons. The van der Waals surface area contributed by atoms with Crippen LogP contribution in [-0.2, 0) is 0 Å². The number of rotatable bonds is 3.